The summed E-state index contributed by atoms with van der Waals surface area (Å²) >= 11 is 0. The van der Waals surface area contributed by atoms with E-state index in [2.05, 4.69) is 6.92 Å². The standard InChI is InChI=1S/C14H26N2O2/c1-11-5-3-6-12(10-15)16(11)13(17)9-14(18-2)7-4-8-14/h11-12H,3-10,15H2,1-2H3. The molecule has 1 heterocycles. The predicted octanol–water partition coefficient (Wildman–Crippen LogP) is 1.67. The summed E-state index contributed by atoms with van der Waals surface area (Å²) in [6, 6.07) is 0.559. The molecule has 0 aromatic rings. The van der Waals surface area contributed by atoms with Crippen molar-refractivity contribution in [2.24, 2.45) is 5.73 Å². The van der Waals surface area contributed by atoms with E-state index >= 15 is 0 Å². The summed E-state index contributed by atoms with van der Waals surface area (Å²) in [6.45, 7) is 2.72. The van der Waals surface area contributed by atoms with Gasteiger partial charge >= 0.3 is 0 Å². The highest BCUT2D eigenvalue weighted by atomic mass is 16.5. The number of likely N-dealkylation sites (tertiary alicyclic amines) is 1. The molecule has 1 aliphatic carbocycles. The van der Waals surface area contributed by atoms with Crippen LogP contribution in [0.25, 0.3) is 0 Å². The number of amides is 1. The van der Waals surface area contributed by atoms with Crippen molar-refractivity contribution in [2.75, 3.05) is 13.7 Å². The molecule has 2 atom stereocenters. The number of hydrogen-bond donors (Lipinski definition) is 1. The van der Waals surface area contributed by atoms with E-state index in [0.717, 1.165) is 25.7 Å². The highest BCUT2D eigenvalue weighted by Crippen LogP contribution is 2.39. The molecule has 0 radical (unpaired) electrons. The molecule has 1 saturated carbocycles. The number of hydrogen-bond acceptors (Lipinski definition) is 3. The van der Waals surface area contributed by atoms with Crippen molar-refractivity contribution in [3.63, 3.8) is 0 Å². The fraction of sp³-hybridized carbons (Fsp3) is 0.929. The fourth-order valence-electron chi connectivity index (χ4n) is 3.36. The first kappa shape index (κ1) is 13.8. The number of carbonyl (C=O) groups excluding carboxylic acids is 1. The van der Waals surface area contributed by atoms with Crippen molar-refractivity contribution in [3.05, 3.63) is 0 Å². The molecular weight excluding hydrogens is 228 g/mol. The largest absolute Gasteiger partial charge is 0.378 e. The van der Waals surface area contributed by atoms with Crippen molar-refractivity contribution in [1.29, 1.82) is 0 Å². The Morgan fingerprint density at radius 1 is 1.39 bits per heavy atom. The molecule has 0 bridgehead atoms. The van der Waals surface area contributed by atoms with E-state index in [1.54, 1.807) is 7.11 Å². The second-order valence-electron chi connectivity index (χ2n) is 5.89. The molecule has 18 heavy (non-hydrogen) atoms. The molecule has 4 nitrogen and oxygen atoms in total. The average Bonchev–Trinajstić information content (AvgIpc) is 2.33. The van der Waals surface area contributed by atoms with Crippen molar-refractivity contribution < 1.29 is 9.53 Å². The van der Waals surface area contributed by atoms with E-state index in [-0.39, 0.29) is 17.6 Å². The van der Waals surface area contributed by atoms with E-state index in [1.165, 1.54) is 12.8 Å². The van der Waals surface area contributed by atoms with Crippen LogP contribution in [-0.4, -0.2) is 42.1 Å². The third-order valence-corrected chi connectivity index (χ3v) is 4.76. The minimum absolute atomic E-state index is 0.173. The second kappa shape index (κ2) is 5.57. The van der Waals surface area contributed by atoms with Crippen LogP contribution in [0.5, 0.6) is 0 Å². The van der Waals surface area contributed by atoms with Crippen molar-refractivity contribution in [1.82, 2.24) is 4.90 Å². The zero-order valence-electron chi connectivity index (χ0n) is 11.7. The number of piperidine rings is 1. The van der Waals surface area contributed by atoms with Gasteiger partial charge in [0.2, 0.25) is 5.91 Å². The maximum absolute atomic E-state index is 12.5. The maximum atomic E-state index is 12.5. The van der Waals surface area contributed by atoms with Gasteiger partial charge < -0.3 is 15.4 Å². The fourth-order valence-corrected chi connectivity index (χ4v) is 3.36. The van der Waals surface area contributed by atoms with Crippen LogP contribution in [-0.2, 0) is 9.53 Å². The lowest BCUT2D eigenvalue weighted by Gasteiger charge is -2.45. The summed E-state index contributed by atoms with van der Waals surface area (Å²) in [5.74, 6) is 0.235. The van der Waals surface area contributed by atoms with Crippen LogP contribution < -0.4 is 5.73 Å². The SMILES string of the molecule is COC1(CC(=O)N2C(C)CCCC2CN)CCC1. The molecular formula is C14H26N2O2. The molecule has 1 aliphatic heterocycles. The van der Waals surface area contributed by atoms with E-state index in [4.69, 9.17) is 10.5 Å². The van der Waals surface area contributed by atoms with Crippen LogP contribution in [0.4, 0.5) is 0 Å². The molecule has 2 N–H and O–H groups in total. The number of carbonyl (C=O) groups is 1. The van der Waals surface area contributed by atoms with Gasteiger partial charge in [0.25, 0.3) is 0 Å². The Morgan fingerprint density at radius 2 is 2.11 bits per heavy atom. The molecule has 0 spiro atoms. The van der Waals surface area contributed by atoms with Gasteiger partial charge in [-0.25, -0.2) is 0 Å². The van der Waals surface area contributed by atoms with Gasteiger partial charge in [-0.1, -0.05) is 0 Å². The Labute approximate surface area is 110 Å². The zero-order chi connectivity index (χ0) is 13.2. The van der Waals surface area contributed by atoms with Crippen LogP contribution in [0.3, 0.4) is 0 Å². The number of methoxy groups -OCH3 is 1. The molecule has 0 aromatic heterocycles. The highest BCUT2D eigenvalue weighted by molar-refractivity contribution is 5.78. The molecule has 2 fully saturated rings. The smallest absolute Gasteiger partial charge is 0.226 e. The minimum atomic E-state index is -0.173. The van der Waals surface area contributed by atoms with Gasteiger partial charge in [0.1, 0.15) is 0 Å². The van der Waals surface area contributed by atoms with Gasteiger partial charge in [-0.05, 0) is 45.4 Å². The van der Waals surface area contributed by atoms with E-state index in [1.807, 2.05) is 4.90 Å². The summed E-state index contributed by atoms with van der Waals surface area (Å²) < 4.78 is 5.56. The molecule has 1 amide bonds. The van der Waals surface area contributed by atoms with Gasteiger partial charge in [0, 0.05) is 25.7 Å². The zero-order valence-corrected chi connectivity index (χ0v) is 11.7. The Kier molecular flexibility index (Phi) is 4.28. The Morgan fingerprint density at radius 3 is 2.61 bits per heavy atom. The molecule has 2 aliphatic rings. The normalized spacial score (nSPS) is 30.9. The molecule has 104 valence electrons. The van der Waals surface area contributed by atoms with E-state index in [0.29, 0.717) is 19.0 Å². The monoisotopic (exact) mass is 254 g/mol. The van der Waals surface area contributed by atoms with Crippen LogP contribution in [0.15, 0.2) is 0 Å². The summed E-state index contributed by atoms with van der Waals surface area (Å²) in [4.78, 5) is 14.6. The van der Waals surface area contributed by atoms with Crippen LogP contribution in [0.1, 0.15) is 51.9 Å². The number of nitrogens with two attached hydrogens (primary N) is 1. The Bertz CT molecular complexity index is 297. The van der Waals surface area contributed by atoms with Gasteiger partial charge in [0.15, 0.2) is 0 Å². The topological polar surface area (TPSA) is 55.6 Å². The minimum Gasteiger partial charge on any atom is -0.378 e. The third-order valence-electron chi connectivity index (χ3n) is 4.76. The maximum Gasteiger partial charge on any atom is 0.226 e. The predicted molar refractivity (Wildman–Crippen MR) is 71.2 cm³/mol. The summed E-state index contributed by atoms with van der Waals surface area (Å²) in [6.07, 6.45) is 7.08. The van der Waals surface area contributed by atoms with Crippen LogP contribution in [0.2, 0.25) is 0 Å². The first-order valence-corrected chi connectivity index (χ1v) is 7.18. The number of rotatable bonds is 4. The van der Waals surface area contributed by atoms with Crippen LogP contribution >= 0.6 is 0 Å². The van der Waals surface area contributed by atoms with Gasteiger partial charge in [-0.15, -0.1) is 0 Å². The summed E-state index contributed by atoms with van der Waals surface area (Å²) in [7, 11) is 1.73. The van der Waals surface area contributed by atoms with E-state index < -0.39 is 0 Å². The quantitative estimate of drug-likeness (QED) is 0.830. The Hall–Kier alpha value is -0.610. The lowest BCUT2D eigenvalue weighted by molar-refractivity contribution is -0.150. The summed E-state index contributed by atoms with van der Waals surface area (Å²) in [5, 5.41) is 0. The molecule has 4 heteroatoms. The van der Waals surface area contributed by atoms with Gasteiger partial charge in [0.05, 0.1) is 12.0 Å². The number of nitrogens with zero attached hydrogens (tertiary/aromatic N) is 1. The second-order valence-corrected chi connectivity index (χ2v) is 5.89. The van der Waals surface area contributed by atoms with Crippen molar-refractivity contribution in [3.8, 4) is 0 Å². The van der Waals surface area contributed by atoms with Gasteiger partial charge in [-0.2, -0.15) is 0 Å². The first-order chi connectivity index (χ1) is 8.62. The van der Waals surface area contributed by atoms with Crippen molar-refractivity contribution >= 4 is 5.91 Å². The Balaban J connectivity index is 2.01. The lowest BCUT2D eigenvalue weighted by Crippen LogP contribution is -2.54. The number of ether oxygens (including phenoxy) is 1. The highest BCUT2D eigenvalue weighted by Gasteiger charge is 2.42. The summed E-state index contributed by atoms with van der Waals surface area (Å²) in [5.41, 5.74) is 5.64. The van der Waals surface area contributed by atoms with E-state index in [9.17, 15) is 4.79 Å². The lowest BCUT2D eigenvalue weighted by atomic mass is 9.77. The molecule has 1 saturated heterocycles. The molecule has 2 unspecified atom stereocenters. The molecule has 0 aromatic carbocycles. The van der Waals surface area contributed by atoms with Crippen molar-refractivity contribution in [2.45, 2.75) is 69.6 Å². The third kappa shape index (κ3) is 2.54. The average molecular weight is 254 g/mol. The van der Waals surface area contributed by atoms with Gasteiger partial charge in [-0.3, -0.25) is 4.79 Å². The van der Waals surface area contributed by atoms with Crippen LogP contribution in [0, 0.1) is 0 Å². The molecule has 2 rings (SSSR count). The first-order valence-electron chi connectivity index (χ1n) is 7.18.